The van der Waals surface area contributed by atoms with E-state index in [1.54, 1.807) is 60.5 Å². The fraction of sp³-hybridized carbons (Fsp3) is 0.231. The van der Waals surface area contributed by atoms with Crippen molar-refractivity contribution in [2.24, 2.45) is 0 Å². The van der Waals surface area contributed by atoms with Crippen LogP contribution >= 0.6 is 34.8 Å². The number of aromatic amines is 1. The molecule has 0 saturated carbocycles. The zero-order valence-electron chi connectivity index (χ0n) is 19.3. The summed E-state index contributed by atoms with van der Waals surface area (Å²) in [5.74, 6) is -0.387. The van der Waals surface area contributed by atoms with Crippen LogP contribution in [0.5, 0.6) is 0 Å². The number of likely N-dealkylation sites (N-methyl/N-ethyl adjacent to an activating group) is 1. The van der Waals surface area contributed by atoms with Crippen molar-refractivity contribution in [3.05, 3.63) is 92.4 Å². The number of nitrogens with zero attached hydrogens (tertiary/aromatic N) is 4. The van der Waals surface area contributed by atoms with Crippen LogP contribution in [0.15, 0.2) is 60.7 Å². The molecule has 1 fully saturated rings. The minimum atomic E-state index is -0.172. The van der Waals surface area contributed by atoms with Gasteiger partial charge in [0.25, 0.3) is 11.8 Å². The lowest BCUT2D eigenvalue weighted by atomic mass is 9.84. The maximum absolute atomic E-state index is 13.5. The van der Waals surface area contributed by atoms with Gasteiger partial charge in [-0.1, -0.05) is 46.1 Å². The second-order valence-electron chi connectivity index (χ2n) is 8.85. The highest BCUT2D eigenvalue weighted by Gasteiger charge is 2.37. The number of H-pyrrole nitrogens is 1. The average molecular weight is 543 g/mol. The molecule has 0 spiro atoms. The van der Waals surface area contributed by atoms with Crippen molar-refractivity contribution in [2.75, 3.05) is 20.1 Å². The number of fused-ring (bicyclic) bond motifs is 1. The molecule has 1 aliphatic heterocycles. The van der Waals surface area contributed by atoms with E-state index < -0.39 is 0 Å². The summed E-state index contributed by atoms with van der Waals surface area (Å²) in [5.41, 5.74) is 3.39. The molecule has 5 rings (SSSR count). The third kappa shape index (κ3) is 4.78. The highest BCUT2D eigenvalue weighted by molar-refractivity contribution is 6.42. The second kappa shape index (κ2) is 10.1. The molecule has 3 aromatic carbocycles. The van der Waals surface area contributed by atoms with E-state index >= 15 is 0 Å². The normalized spacial score (nSPS) is 17.8. The van der Waals surface area contributed by atoms with E-state index in [9.17, 15) is 9.59 Å². The molecule has 0 unspecified atom stereocenters. The highest BCUT2D eigenvalue weighted by Crippen LogP contribution is 2.35. The molecule has 1 N–H and O–H groups in total. The molecule has 1 aromatic heterocycles. The lowest BCUT2D eigenvalue weighted by Gasteiger charge is -2.43. The average Bonchev–Trinajstić information content (AvgIpc) is 3.37. The Labute approximate surface area is 222 Å². The van der Waals surface area contributed by atoms with E-state index in [4.69, 9.17) is 34.8 Å². The van der Waals surface area contributed by atoms with Crippen molar-refractivity contribution in [3.63, 3.8) is 0 Å². The Hall–Kier alpha value is -3.13. The first-order valence-electron chi connectivity index (χ1n) is 11.4. The number of rotatable bonds is 4. The number of nitrogens with one attached hydrogen (secondary N) is 1. The molecular weight excluding hydrogens is 521 g/mol. The van der Waals surface area contributed by atoms with Gasteiger partial charge in [-0.2, -0.15) is 0 Å². The van der Waals surface area contributed by atoms with Gasteiger partial charge >= 0.3 is 0 Å². The van der Waals surface area contributed by atoms with Gasteiger partial charge in [0.15, 0.2) is 0 Å². The minimum absolute atomic E-state index is 0.102. The van der Waals surface area contributed by atoms with Gasteiger partial charge in [0.05, 0.1) is 15.6 Å². The van der Waals surface area contributed by atoms with Crippen molar-refractivity contribution >= 4 is 57.7 Å². The van der Waals surface area contributed by atoms with Gasteiger partial charge in [-0.15, -0.1) is 5.10 Å². The Morgan fingerprint density at radius 1 is 0.972 bits per heavy atom. The quantitative estimate of drug-likeness (QED) is 0.359. The molecule has 7 nitrogen and oxygen atoms in total. The van der Waals surface area contributed by atoms with E-state index in [2.05, 4.69) is 15.4 Å². The van der Waals surface area contributed by atoms with Gasteiger partial charge < -0.3 is 9.80 Å². The summed E-state index contributed by atoms with van der Waals surface area (Å²) < 4.78 is 0. The van der Waals surface area contributed by atoms with Gasteiger partial charge in [0.1, 0.15) is 5.52 Å². The first kappa shape index (κ1) is 24.6. The number of carbonyl (C=O) groups excluding carboxylic acids is 2. The number of hydrogen-bond acceptors (Lipinski definition) is 4. The molecule has 1 saturated heterocycles. The fourth-order valence-electron chi connectivity index (χ4n) is 4.76. The van der Waals surface area contributed by atoms with E-state index in [-0.39, 0.29) is 23.8 Å². The largest absolute Gasteiger partial charge is 0.338 e. The second-order valence-corrected chi connectivity index (χ2v) is 10.1. The number of halogens is 3. The number of amides is 2. The van der Waals surface area contributed by atoms with Crippen LogP contribution in [0.4, 0.5) is 0 Å². The Bertz CT molecular complexity index is 1440. The summed E-state index contributed by atoms with van der Waals surface area (Å²) in [6.07, 6.45) is 0.596. The van der Waals surface area contributed by atoms with Crippen molar-refractivity contribution in [1.82, 2.24) is 25.2 Å². The topological polar surface area (TPSA) is 82.2 Å². The molecule has 2 amide bonds. The van der Waals surface area contributed by atoms with Crippen LogP contribution in [0.2, 0.25) is 15.1 Å². The van der Waals surface area contributed by atoms with Crippen molar-refractivity contribution in [1.29, 1.82) is 0 Å². The van der Waals surface area contributed by atoms with E-state index in [1.807, 2.05) is 17.0 Å². The molecule has 36 heavy (non-hydrogen) atoms. The predicted molar refractivity (Wildman–Crippen MR) is 141 cm³/mol. The molecule has 10 heteroatoms. The maximum Gasteiger partial charge on any atom is 0.253 e. The zero-order valence-corrected chi connectivity index (χ0v) is 21.6. The summed E-state index contributed by atoms with van der Waals surface area (Å²) in [6, 6.07) is 17.4. The Balaban J connectivity index is 1.44. The summed E-state index contributed by atoms with van der Waals surface area (Å²) in [6.45, 7) is 0.910. The predicted octanol–water partition coefficient (Wildman–Crippen LogP) is 5.69. The lowest BCUT2D eigenvalue weighted by molar-refractivity contribution is 0.0518. The van der Waals surface area contributed by atoms with Crippen LogP contribution in [0.3, 0.4) is 0 Å². The highest BCUT2D eigenvalue weighted by atomic mass is 35.5. The maximum atomic E-state index is 13.5. The van der Waals surface area contributed by atoms with Crippen LogP contribution in [0, 0.1) is 0 Å². The first-order chi connectivity index (χ1) is 17.3. The molecule has 2 heterocycles. The Kier molecular flexibility index (Phi) is 6.88. The summed E-state index contributed by atoms with van der Waals surface area (Å²) in [4.78, 5) is 30.3. The summed E-state index contributed by atoms with van der Waals surface area (Å²) in [7, 11) is 1.79. The molecular formula is C26H22Cl3N5O2. The molecule has 2 atom stereocenters. The minimum Gasteiger partial charge on any atom is -0.338 e. The van der Waals surface area contributed by atoms with Crippen LogP contribution in [0.1, 0.15) is 38.6 Å². The third-order valence-corrected chi connectivity index (χ3v) is 7.71. The van der Waals surface area contributed by atoms with Crippen molar-refractivity contribution in [2.45, 2.75) is 18.4 Å². The SMILES string of the molecule is CN(C(=O)c1ccc(Cl)cc1)[C@@H]1CCN(C(=O)c2ccc3[nH]nnc3c2)C[C@H]1c1ccc(Cl)c(Cl)c1. The van der Waals surface area contributed by atoms with Gasteiger partial charge in [-0.3, -0.25) is 14.7 Å². The van der Waals surface area contributed by atoms with E-state index in [0.717, 1.165) is 11.1 Å². The van der Waals surface area contributed by atoms with Crippen LogP contribution in [0.25, 0.3) is 11.0 Å². The van der Waals surface area contributed by atoms with Crippen LogP contribution in [-0.4, -0.2) is 63.2 Å². The molecule has 184 valence electrons. The molecule has 0 bridgehead atoms. The van der Waals surface area contributed by atoms with Crippen molar-refractivity contribution < 1.29 is 9.59 Å². The molecule has 0 radical (unpaired) electrons. The Morgan fingerprint density at radius 2 is 1.72 bits per heavy atom. The van der Waals surface area contributed by atoms with Crippen LogP contribution in [-0.2, 0) is 0 Å². The van der Waals surface area contributed by atoms with Gasteiger partial charge in [0, 0.05) is 48.2 Å². The third-order valence-electron chi connectivity index (χ3n) is 6.72. The van der Waals surface area contributed by atoms with Crippen molar-refractivity contribution in [3.8, 4) is 0 Å². The number of aromatic nitrogens is 3. The molecule has 4 aromatic rings. The molecule has 1 aliphatic rings. The smallest absolute Gasteiger partial charge is 0.253 e. The molecule has 0 aliphatic carbocycles. The number of piperidine rings is 1. The van der Waals surface area contributed by atoms with Gasteiger partial charge in [-0.25, -0.2) is 0 Å². The number of likely N-dealkylation sites (tertiary alicyclic amines) is 1. The lowest BCUT2D eigenvalue weighted by Crippen LogP contribution is -2.51. The standard InChI is InChI=1S/C26H22Cl3N5O2/c1-33(25(35)15-2-6-18(27)7-3-15)24-10-11-34(14-19(24)16-4-8-20(28)21(29)12-16)26(36)17-5-9-22-23(13-17)31-32-30-22/h2-9,12-13,19,24H,10-11,14H2,1H3,(H,30,31,32)/t19-,24+/m0/s1. The summed E-state index contributed by atoms with van der Waals surface area (Å²) in [5, 5.41) is 12.1. The van der Waals surface area contributed by atoms with Gasteiger partial charge in [0.2, 0.25) is 0 Å². The fourth-order valence-corrected chi connectivity index (χ4v) is 5.19. The monoisotopic (exact) mass is 541 g/mol. The Morgan fingerprint density at radius 3 is 2.47 bits per heavy atom. The van der Waals surface area contributed by atoms with E-state index in [0.29, 0.717) is 51.2 Å². The van der Waals surface area contributed by atoms with E-state index in [1.165, 1.54) is 0 Å². The zero-order chi connectivity index (χ0) is 25.4. The number of carbonyl (C=O) groups is 2. The van der Waals surface area contributed by atoms with Crippen LogP contribution < -0.4 is 0 Å². The summed E-state index contributed by atoms with van der Waals surface area (Å²) >= 11 is 18.5. The van der Waals surface area contributed by atoms with Gasteiger partial charge in [-0.05, 0) is 66.6 Å². The first-order valence-corrected chi connectivity index (χ1v) is 12.5. The number of benzene rings is 3. The number of hydrogen-bond donors (Lipinski definition) is 1.